The first-order valence-corrected chi connectivity index (χ1v) is 7.85. The number of benzene rings is 2. The van der Waals surface area contributed by atoms with E-state index in [0.717, 1.165) is 0 Å². The zero-order valence-electron chi connectivity index (χ0n) is 13.7. The van der Waals surface area contributed by atoms with Gasteiger partial charge in [0.15, 0.2) is 0 Å². The van der Waals surface area contributed by atoms with Crippen LogP contribution >= 0.6 is 0 Å². The molecule has 0 amide bonds. The number of halogens is 1. The van der Waals surface area contributed by atoms with Gasteiger partial charge in [-0.25, -0.2) is 9.37 Å². The molecule has 0 saturated heterocycles. The third-order valence-electron chi connectivity index (χ3n) is 4.78. The van der Waals surface area contributed by atoms with E-state index in [9.17, 15) is 14.0 Å². The number of nitrogens with zero attached hydrogens (tertiary/aromatic N) is 2. The van der Waals surface area contributed by atoms with E-state index in [2.05, 4.69) is 4.98 Å². The van der Waals surface area contributed by atoms with Gasteiger partial charge in [-0.2, -0.15) is 0 Å². The summed E-state index contributed by atoms with van der Waals surface area (Å²) < 4.78 is 20.2. The molecule has 5 nitrogen and oxygen atoms in total. The molecule has 0 saturated carbocycles. The van der Waals surface area contributed by atoms with Crippen molar-refractivity contribution in [2.45, 2.75) is 18.8 Å². The Morgan fingerprint density at radius 1 is 1.28 bits per heavy atom. The van der Waals surface area contributed by atoms with Gasteiger partial charge in [-0.15, -0.1) is 0 Å². The lowest BCUT2D eigenvalue weighted by atomic mass is 9.74. The number of carbonyl (C=O) groups excluding carboxylic acids is 2. The average molecular weight is 338 g/mol. The molecule has 0 spiro atoms. The van der Waals surface area contributed by atoms with Crippen LogP contribution in [0, 0.1) is 5.82 Å². The summed E-state index contributed by atoms with van der Waals surface area (Å²) in [4.78, 5) is 29.8. The van der Waals surface area contributed by atoms with E-state index < -0.39 is 17.2 Å². The summed E-state index contributed by atoms with van der Waals surface area (Å²) in [6.07, 6.45) is -0.176. The fourth-order valence-electron chi connectivity index (χ4n) is 3.47. The number of esters is 1. The minimum Gasteiger partial charge on any atom is -0.469 e. The first kappa shape index (κ1) is 15.5. The van der Waals surface area contributed by atoms with Crippen molar-refractivity contribution in [1.29, 1.82) is 0 Å². The number of aromatic nitrogens is 2. The molecular weight excluding hydrogens is 323 g/mol. The Bertz CT molecular complexity index is 1040. The van der Waals surface area contributed by atoms with E-state index in [0.29, 0.717) is 28.0 Å². The molecule has 2 heterocycles. The maximum atomic E-state index is 13.9. The Morgan fingerprint density at radius 2 is 2.04 bits per heavy atom. The molecule has 1 atom stereocenters. The fraction of sp³-hybridized carbons (Fsp3) is 0.211. The monoisotopic (exact) mass is 338 g/mol. The summed E-state index contributed by atoms with van der Waals surface area (Å²) in [5, 5.41) is 0. The van der Waals surface area contributed by atoms with Gasteiger partial charge in [0.25, 0.3) is 0 Å². The molecule has 126 valence electrons. The summed E-state index contributed by atoms with van der Waals surface area (Å²) in [6.45, 7) is 1.64. The van der Waals surface area contributed by atoms with Crippen molar-refractivity contribution in [1.82, 2.24) is 9.55 Å². The van der Waals surface area contributed by atoms with E-state index in [1.165, 1.54) is 23.8 Å². The SMILES string of the molecule is COC(=O)CC1(C)C(=O)n2c(nc3ccccc32)-c2ccc(F)cc21. The van der Waals surface area contributed by atoms with Gasteiger partial charge >= 0.3 is 5.97 Å². The zero-order chi connectivity index (χ0) is 17.8. The number of rotatable bonds is 2. The van der Waals surface area contributed by atoms with Crippen LogP contribution < -0.4 is 0 Å². The van der Waals surface area contributed by atoms with Crippen LogP contribution in [-0.4, -0.2) is 28.5 Å². The first-order valence-electron chi connectivity index (χ1n) is 7.85. The Kier molecular flexibility index (Phi) is 3.25. The number of carbonyl (C=O) groups is 2. The van der Waals surface area contributed by atoms with Crippen molar-refractivity contribution in [2.24, 2.45) is 0 Å². The maximum absolute atomic E-state index is 13.9. The summed E-state index contributed by atoms with van der Waals surface area (Å²) in [6, 6.07) is 11.5. The molecule has 1 aliphatic rings. The van der Waals surface area contributed by atoms with Crippen LogP contribution in [0.25, 0.3) is 22.4 Å². The topological polar surface area (TPSA) is 61.2 Å². The van der Waals surface area contributed by atoms with Gasteiger partial charge < -0.3 is 4.74 Å². The Hall–Kier alpha value is -3.02. The van der Waals surface area contributed by atoms with Crippen molar-refractivity contribution in [2.75, 3.05) is 7.11 Å². The molecule has 6 heteroatoms. The highest BCUT2D eigenvalue weighted by atomic mass is 19.1. The number of hydrogen-bond donors (Lipinski definition) is 0. The minimum absolute atomic E-state index is 0.176. The molecule has 0 bridgehead atoms. The van der Waals surface area contributed by atoms with Gasteiger partial charge in [-0.3, -0.25) is 14.2 Å². The highest BCUT2D eigenvalue weighted by molar-refractivity contribution is 6.05. The summed E-state index contributed by atoms with van der Waals surface area (Å²) >= 11 is 0. The molecule has 0 radical (unpaired) electrons. The van der Waals surface area contributed by atoms with E-state index >= 15 is 0 Å². The molecule has 1 unspecified atom stereocenters. The van der Waals surface area contributed by atoms with Gasteiger partial charge in [-0.05, 0) is 42.8 Å². The number of hydrogen-bond acceptors (Lipinski definition) is 4. The molecule has 0 fully saturated rings. The lowest BCUT2D eigenvalue weighted by molar-refractivity contribution is -0.141. The van der Waals surface area contributed by atoms with Crippen molar-refractivity contribution in [3.8, 4) is 11.4 Å². The number of ether oxygens (including phenoxy) is 1. The molecule has 0 N–H and O–H groups in total. The van der Waals surface area contributed by atoms with Crippen molar-refractivity contribution in [3.63, 3.8) is 0 Å². The van der Waals surface area contributed by atoms with Crippen molar-refractivity contribution >= 4 is 22.9 Å². The second-order valence-corrected chi connectivity index (χ2v) is 6.34. The van der Waals surface area contributed by atoms with Gasteiger partial charge in [-0.1, -0.05) is 12.1 Å². The third kappa shape index (κ3) is 2.10. The molecule has 0 aliphatic carbocycles. The fourth-order valence-corrected chi connectivity index (χ4v) is 3.47. The number of para-hydroxylation sites is 2. The van der Waals surface area contributed by atoms with Crippen LogP contribution in [0.1, 0.15) is 23.7 Å². The van der Waals surface area contributed by atoms with Crippen LogP contribution in [-0.2, 0) is 14.9 Å². The van der Waals surface area contributed by atoms with Crippen LogP contribution in [0.5, 0.6) is 0 Å². The lowest BCUT2D eigenvalue weighted by Crippen LogP contribution is -2.42. The maximum Gasteiger partial charge on any atom is 0.306 e. The van der Waals surface area contributed by atoms with Crippen LogP contribution in [0.15, 0.2) is 42.5 Å². The molecule has 4 rings (SSSR count). The normalized spacial score (nSPS) is 18.8. The molecule has 1 aliphatic heterocycles. The Balaban J connectivity index is 2.06. The summed E-state index contributed by atoms with van der Waals surface area (Å²) in [7, 11) is 1.27. The summed E-state index contributed by atoms with van der Waals surface area (Å²) in [5.74, 6) is -0.852. The Labute approximate surface area is 143 Å². The predicted molar refractivity (Wildman–Crippen MR) is 89.7 cm³/mol. The number of methoxy groups -OCH3 is 1. The van der Waals surface area contributed by atoms with Crippen molar-refractivity contribution < 1.29 is 18.7 Å². The minimum atomic E-state index is -1.24. The standard InChI is InChI=1S/C19H15FN2O3/c1-19(10-16(23)25-2)13-9-11(20)7-8-12(13)17-21-14-5-3-4-6-15(14)22(17)18(19)24/h3-9H,10H2,1-2H3. The van der Waals surface area contributed by atoms with Gasteiger partial charge in [0.2, 0.25) is 5.91 Å². The second-order valence-electron chi connectivity index (χ2n) is 6.34. The highest BCUT2D eigenvalue weighted by Gasteiger charge is 2.46. The van der Waals surface area contributed by atoms with Crippen LogP contribution in [0.2, 0.25) is 0 Å². The largest absolute Gasteiger partial charge is 0.469 e. The van der Waals surface area contributed by atoms with E-state index in [-0.39, 0.29) is 12.3 Å². The van der Waals surface area contributed by atoms with Gasteiger partial charge in [0.1, 0.15) is 11.6 Å². The smallest absolute Gasteiger partial charge is 0.306 e. The summed E-state index contributed by atoms with van der Waals surface area (Å²) in [5.41, 5.74) is 1.19. The number of fused-ring (bicyclic) bond motifs is 5. The Morgan fingerprint density at radius 3 is 2.80 bits per heavy atom. The lowest BCUT2D eigenvalue weighted by Gasteiger charge is -2.34. The van der Waals surface area contributed by atoms with Gasteiger partial charge in [0, 0.05) is 5.56 Å². The van der Waals surface area contributed by atoms with Crippen molar-refractivity contribution in [3.05, 3.63) is 53.8 Å². The van der Waals surface area contributed by atoms with Crippen LogP contribution in [0.4, 0.5) is 4.39 Å². The van der Waals surface area contributed by atoms with E-state index in [1.54, 1.807) is 19.1 Å². The average Bonchev–Trinajstić information content (AvgIpc) is 2.99. The first-order chi connectivity index (χ1) is 12.0. The zero-order valence-corrected chi connectivity index (χ0v) is 13.7. The van der Waals surface area contributed by atoms with E-state index in [1.807, 2.05) is 18.2 Å². The third-order valence-corrected chi connectivity index (χ3v) is 4.78. The van der Waals surface area contributed by atoms with Gasteiger partial charge in [0.05, 0.1) is 30.0 Å². The number of imidazole rings is 1. The van der Waals surface area contributed by atoms with E-state index in [4.69, 9.17) is 4.74 Å². The molecule has 3 aromatic rings. The molecule has 2 aromatic carbocycles. The molecule has 25 heavy (non-hydrogen) atoms. The van der Waals surface area contributed by atoms with Crippen LogP contribution in [0.3, 0.4) is 0 Å². The second kappa shape index (κ2) is 5.24. The quantitative estimate of drug-likeness (QED) is 0.673. The predicted octanol–water partition coefficient (Wildman–Crippen LogP) is 3.32. The molecule has 1 aromatic heterocycles. The molecular formula is C19H15FN2O3. The highest BCUT2D eigenvalue weighted by Crippen LogP contribution is 2.43.